The summed E-state index contributed by atoms with van der Waals surface area (Å²) in [7, 11) is 0. The van der Waals surface area contributed by atoms with E-state index in [1.54, 1.807) is 26.1 Å². The fourth-order valence-corrected chi connectivity index (χ4v) is 1.74. The van der Waals surface area contributed by atoms with Crippen LogP contribution in [0.5, 0.6) is 0 Å². The molecule has 0 aliphatic rings. The van der Waals surface area contributed by atoms with Crippen LogP contribution < -0.4 is 16.4 Å². The summed E-state index contributed by atoms with van der Waals surface area (Å²) in [6.45, 7) is 5.82. The molecule has 0 aliphatic carbocycles. The maximum Gasteiger partial charge on any atom is 0.255 e. The molecule has 6 nitrogen and oxygen atoms in total. The van der Waals surface area contributed by atoms with E-state index < -0.39 is 17.4 Å². The number of anilines is 1. The van der Waals surface area contributed by atoms with Gasteiger partial charge in [-0.1, -0.05) is 6.92 Å². The highest BCUT2D eigenvalue weighted by Crippen LogP contribution is 2.19. The van der Waals surface area contributed by atoms with Crippen molar-refractivity contribution in [2.75, 3.05) is 11.9 Å². The highest BCUT2D eigenvalue weighted by atomic mass is 79.9. The maximum absolute atomic E-state index is 12.3. The third-order valence-electron chi connectivity index (χ3n) is 2.68. The summed E-state index contributed by atoms with van der Waals surface area (Å²) in [4.78, 5) is 27.7. The van der Waals surface area contributed by atoms with E-state index in [1.807, 2.05) is 6.92 Å². The SMILES string of the molecule is CCCNc1ncc(Br)cc1C(=O)NC(C)(C)C(N)=O. The van der Waals surface area contributed by atoms with E-state index in [2.05, 4.69) is 31.5 Å². The van der Waals surface area contributed by atoms with Crippen LogP contribution in [-0.2, 0) is 4.79 Å². The summed E-state index contributed by atoms with van der Waals surface area (Å²) in [5, 5.41) is 5.68. The van der Waals surface area contributed by atoms with Gasteiger partial charge in [-0.15, -0.1) is 0 Å². The number of hydrogen-bond donors (Lipinski definition) is 3. The number of carbonyl (C=O) groups excluding carboxylic acids is 2. The molecule has 1 aromatic heterocycles. The van der Waals surface area contributed by atoms with Crippen LogP contribution in [0.4, 0.5) is 5.82 Å². The molecule has 0 radical (unpaired) electrons. The molecule has 0 unspecified atom stereocenters. The first-order valence-electron chi connectivity index (χ1n) is 6.29. The Hall–Kier alpha value is -1.63. The van der Waals surface area contributed by atoms with Crippen molar-refractivity contribution in [2.45, 2.75) is 32.7 Å². The van der Waals surface area contributed by atoms with E-state index in [0.29, 0.717) is 22.4 Å². The molecule has 7 heteroatoms. The van der Waals surface area contributed by atoms with Gasteiger partial charge >= 0.3 is 0 Å². The van der Waals surface area contributed by atoms with Crippen LogP contribution in [0.3, 0.4) is 0 Å². The van der Waals surface area contributed by atoms with E-state index in [9.17, 15) is 9.59 Å². The molecule has 1 rings (SSSR count). The van der Waals surface area contributed by atoms with Gasteiger partial charge in [-0.05, 0) is 42.3 Å². The van der Waals surface area contributed by atoms with Gasteiger partial charge in [-0.2, -0.15) is 0 Å². The van der Waals surface area contributed by atoms with Crippen LogP contribution in [0, 0.1) is 0 Å². The highest BCUT2D eigenvalue weighted by molar-refractivity contribution is 9.10. The van der Waals surface area contributed by atoms with Crippen LogP contribution >= 0.6 is 15.9 Å². The van der Waals surface area contributed by atoms with Crippen molar-refractivity contribution in [3.05, 3.63) is 22.3 Å². The van der Waals surface area contributed by atoms with Crippen LogP contribution in [0.1, 0.15) is 37.6 Å². The van der Waals surface area contributed by atoms with E-state index in [-0.39, 0.29) is 0 Å². The third kappa shape index (κ3) is 4.19. The third-order valence-corrected chi connectivity index (χ3v) is 3.12. The molecule has 0 aliphatic heterocycles. The Bertz CT molecular complexity index is 517. The Kier molecular flexibility index (Phi) is 5.50. The summed E-state index contributed by atoms with van der Waals surface area (Å²) >= 11 is 3.28. The van der Waals surface area contributed by atoms with Crippen molar-refractivity contribution in [2.24, 2.45) is 5.73 Å². The van der Waals surface area contributed by atoms with Gasteiger partial charge in [0.2, 0.25) is 5.91 Å². The van der Waals surface area contributed by atoms with Crippen molar-refractivity contribution in [3.63, 3.8) is 0 Å². The molecule has 20 heavy (non-hydrogen) atoms. The first-order chi connectivity index (χ1) is 9.27. The molecule has 110 valence electrons. The molecule has 0 saturated carbocycles. The van der Waals surface area contributed by atoms with E-state index >= 15 is 0 Å². The first-order valence-corrected chi connectivity index (χ1v) is 7.09. The van der Waals surface area contributed by atoms with Gasteiger partial charge in [0.25, 0.3) is 5.91 Å². The number of carbonyl (C=O) groups is 2. The molecule has 0 saturated heterocycles. The summed E-state index contributed by atoms with van der Waals surface area (Å²) in [5.74, 6) is -0.522. The lowest BCUT2D eigenvalue weighted by atomic mass is 10.0. The molecule has 0 aromatic carbocycles. The van der Waals surface area contributed by atoms with Gasteiger partial charge in [0.1, 0.15) is 11.4 Å². The molecular formula is C13H19BrN4O2. The number of hydrogen-bond acceptors (Lipinski definition) is 4. The van der Waals surface area contributed by atoms with Gasteiger partial charge in [0.05, 0.1) is 5.56 Å². The van der Waals surface area contributed by atoms with Gasteiger partial charge in [0, 0.05) is 17.2 Å². The molecule has 0 atom stereocenters. The smallest absolute Gasteiger partial charge is 0.255 e. The van der Waals surface area contributed by atoms with Gasteiger partial charge in [-0.25, -0.2) is 4.98 Å². The Morgan fingerprint density at radius 3 is 2.65 bits per heavy atom. The predicted octanol–water partition coefficient (Wildman–Crippen LogP) is 1.66. The van der Waals surface area contributed by atoms with Crippen molar-refractivity contribution in [1.29, 1.82) is 0 Å². The zero-order chi connectivity index (χ0) is 15.3. The summed E-state index contributed by atoms with van der Waals surface area (Å²) < 4.78 is 0.682. The fraction of sp³-hybridized carbons (Fsp3) is 0.462. The Balaban J connectivity index is 3.02. The Morgan fingerprint density at radius 2 is 2.10 bits per heavy atom. The van der Waals surface area contributed by atoms with Crippen LogP contribution in [0.25, 0.3) is 0 Å². The van der Waals surface area contributed by atoms with Crippen LogP contribution in [0.15, 0.2) is 16.7 Å². The number of primary amides is 1. The molecule has 1 aromatic rings. The lowest BCUT2D eigenvalue weighted by Crippen LogP contribution is -2.53. The van der Waals surface area contributed by atoms with Crippen LogP contribution in [0.2, 0.25) is 0 Å². The van der Waals surface area contributed by atoms with E-state index in [4.69, 9.17) is 5.73 Å². The second-order valence-corrected chi connectivity index (χ2v) is 5.84. The normalized spacial score (nSPS) is 11.0. The Morgan fingerprint density at radius 1 is 1.45 bits per heavy atom. The van der Waals surface area contributed by atoms with Gasteiger partial charge in [-0.3, -0.25) is 9.59 Å². The van der Waals surface area contributed by atoms with Crippen molar-refractivity contribution < 1.29 is 9.59 Å². The zero-order valence-corrected chi connectivity index (χ0v) is 13.4. The first kappa shape index (κ1) is 16.4. The van der Waals surface area contributed by atoms with Gasteiger partial charge < -0.3 is 16.4 Å². The Labute approximate surface area is 126 Å². The summed E-state index contributed by atoms with van der Waals surface area (Å²) in [5.41, 5.74) is 4.49. The average Bonchev–Trinajstić information content (AvgIpc) is 2.36. The van der Waals surface area contributed by atoms with E-state index in [1.165, 1.54) is 0 Å². The monoisotopic (exact) mass is 342 g/mol. The number of rotatable bonds is 6. The number of aromatic nitrogens is 1. The van der Waals surface area contributed by atoms with E-state index in [0.717, 1.165) is 6.42 Å². The number of nitrogens with zero attached hydrogens (tertiary/aromatic N) is 1. The summed E-state index contributed by atoms with van der Waals surface area (Å²) in [6, 6.07) is 1.65. The molecule has 2 amide bonds. The maximum atomic E-state index is 12.3. The topological polar surface area (TPSA) is 97.1 Å². The van der Waals surface area contributed by atoms with Gasteiger partial charge in [0.15, 0.2) is 0 Å². The standard InChI is InChI=1S/C13H19BrN4O2/c1-4-5-16-10-9(6-8(14)7-17-10)11(19)18-13(2,3)12(15)20/h6-7H,4-5H2,1-3H3,(H2,15,20)(H,16,17)(H,18,19). The quantitative estimate of drug-likeness (QED) is 0.732. The second-order valence-electron chi connectivity index (χ2n) is 4.92. The average molecular weight is 343 g/mol. The highest BCUT2D eigenvalue weighted by Gasteiger charge is 2.28. The number of pyridine rings is 1. The summed E-state index contributed by atoms with van der Waals surface area (Å²) in [6.07, 6.45) is 2.51. The molecule has 0 spiro atoms. The molecular weight excluding hydrogens is 324 g/mol. The minimum atomic E-state index is -1.12. The lowest BCUT2D eigenvalue weighted by molar-refractivity contribution is -0.122. The zero-order valence-electron chi connectivity index (χ0n) is 11.8. The molecule has 1 heterocycles. The largest absolute Gasteiger partial charge is 0.369 e. The number of nitrogens with one attached hydrogen (secondary N) is 2. The molecule has 0 fully saturated rings. The number of halogens is 1. The van der Waals surface area contributed by atoms with Crippen molar-refractivity contribution >= 4 is 33.6 Å². The van der Waals surface area contributed by atoms with Crippen molar-refractivity contribution in [3.8, 4) is 0 Å². The fourth-order valence-electron chi connectivity index (χ4n) is 1.41. The minimum Gasteiger partial charge on any atom is -0.369 e. The van der Waals surface area contributed by atoms with Crippen molar-refractivity contribution in [1.82, 2.24) is 10.3 Å². The van der Waals surface area contributed by atoms with Crippen LogP contribution in [-0.4, -0.2) is 28.9 Å². The predicted molar refractivity (Wildman–Crippen MR) is 81.5 cm³/mol. The minimum absolute atomic E-state index is 0.363. The number of amides is 2. The molecule has 0 bridgehead atoms. The number of nitrogens with two attached hydrogens (primary N) is 1. The second kappa shape index (κ2) is 6.69. The molecule has 4 N–H and O–H groups in total. The lowest BCUT2D eigenvalue weighted by Gasteiger charge is -2.23.